The van der Waals surface area contributed by atoms with Crippen LogP contribution in [0.25, 0.3) is 0 Å². The lowest BCUT2D eigenvalue weighted by atomic mass is 9.96. The van der Waals surface area contributed by atoms with E-state index in [-0.39, 0.29) is 5.41 Å². The molecule has 6 heteroatoms. The Kier molecular flexibility index (Phi) is 4.68. The number of thioether (sulfide) groups is 1. The van der Waals surface area contributed by atoms with E-state index in [0.29, 0.717) is 10.6 Å². The zero-order chi connectivity index (χ0) is 15.7. The quantitative estimate of drug-likeness (QED) is 0.647. The number of nitrogens with one attached hydrogen (secondary N) is 1. The molecule has 0 amide bonds. The lowest BCUT2D eigenvalue weighted by molar-refractivity contribution is 0.543. The topological polar surface area (TPSA) is 67.1 Å². The number of hydrogen-bond acceptors (Lipinski definition) is 6. The van der Waals surface area contributed by atoms with Crippen LogP contribution < -0.4 is 16.2 Å². The van der Waals surface area contributed by atoms with Crippen LogP contribution in [-0.4, -0.2) is 33.6 Å². The molecule has 2 rings (SSSR count). The molecule has 0 unspecified atom stereocenters. The summed E-state index contributed by atoms with van der Waals surface area (Å²) in [7, 11) is 0. The first-order valence-electron chi connectivity index (χ1n) is 7.46. The van der Waals surface area contributed by atoms with E-state index >= 15 is 0 Å². The van der Waals surface area contributed by atoms with Gasteiger partial charge < -0.3 is 10.3 Å². The molecule has 1 aliphatic heterocycles. The van der Waals surface area contributed by atoms with E-state index in [2.05, 4.69) is 49.9 Å². The number of aromatic nitrogens is 2. The monoisotopic (exact) mass is 309 g/mol. The van der Waals surface area contributed by atoms with Crippen molar-refractivity contribution >= 4 is 23.4 Å². The maximum Gasteiger partial charge on any atom is 0.145 e. The van der Waals surface area contributed by atoms with Crippen LogP contribution in [0.3, 0.4) is 0 Å². The first-order chi connectivity index (χ1) is 9.71. The third-order valence-corrected chi connectivity index (χ3v) is 5.07. The summed E-state index contributed by atoms with van der Waals surface area (Å²) in [6, 6.07) is 1.94. The van der Waals surface area contributed by atoms with E-state index in [1.165, 1.54) is 0 Å². The zero-order valence-corrected chi connectivity index (χ0v) is 14.5. The van der Waals surface area contributed by atoms with Crippen LogP contribution in [0.2, 0.25) is 0 Å². The van der Waals surface area contributed by atoms with Gasteiger partial charge in [-0.2, -0.15) is 11.8 Å². The highest BCUT2D eigenvalue weighted by atomic mass is 32.2. The van der Waals surface area contributed by atoms with Crippen LogP contribution in [-0.2, 0) is 5.41 Å². The van der Waals surface area contributed by atoms with Crippen molar-refractivity contribution in [3.8, 4) is 0 Å². The number of hydrazine groups is 1. The van der Waals surface area contributed by atoms with Crippen LogP contribution in [0.15, 0.2) is 6.07 Å². The van der Waals surface area contributed by atoms with Gasteiger partial charge in [0.05, 0.1) is 0 Å². The molecule has 1 aromatic heterocycles. The van der Waals surface area contributed by atoms with E-state index in [9.17, 15) is 0 Å². The minimum absolute atomic E-state index is 0.0958. The summed E-state index contributed by atoms with van der Waals surface area (Å²) in [6.45, 7) is 13.0. The molecule has 1 aliphatic rings. The van der Waals surface area contributed by atoms with Crippen molar-refractivity contribution in [2.45, 2.75) is 51.2 Å². The first-order valence-corrected chi connectivity index (χ1v) is 8.45. The lowest BCUT2D eigenvalue weighted by Crippen LogP contribution is -2.29. The van der Waals surface area contributed by atoms with Crippen LogP contribution in [0.4, 0.5) is 11.6 Å². The van der Waals surface area contributed by atoms with Gasteiger partial charge in [-0.25, -0.2) is 15.8 Å². The van der Waals surface area contributed by atoms with Gasteiger partial charge in [0.1, 0.15) is 17.5 Å². The van der Waals surface area contributed by atoms with Crippen molar-refractivity contribution in [3.63, 3.8) is 0 Å². The molecule has 0 radical (unpaired) electrons. The Hall–Kier alpha value is -1.01. The lowest BCUT2D eigenvalue weighted by Gasteiger charge is -2.25. The highest BCUT2D eigenvalue weighted by Gasteiger charge is 2.26. The minimum atomic E-state index is -0.0958. The molecule has 1 aromatic rings. The van der Waals surface area contributed by atoms with Crippen molar-refractivity contribution in [2.75, 3.05) is 29.2 Å². The van der Waals surface area contributed by atoms with Crippen LogP contribution in [0.5, 0.6) is 0 Å². The van der Waals surface area contributed by atoms with Crippen LogP contribution in [0.1, 0.15) is 46.9 Å². The maximum atomic E-state index is 5.57. The van der Waals surface area contributed by atoms with Gasteiger partial charge in [0.2, 0.25) is 0 Å². The second kappa shape index (κ2) is 6.01. The Morgan fingerprint density at radius 3 is 2.62 bits per heavy atom. The number of rotatable bonds is 2. The van der Waals surface area contributed by atoms with Crippen molar-refractivity contribution in [3.05, 3.63) is 11.9 Å². The Balaban J connectivity index is 2.30. The second-order valence-corrected chi connectivity index (χ2v) is 8.98. The van der Waals surface area contributed by atoms with Gasteiger partial charge in [-0.3, -0.25) is 0 Å². The van der Waals surface area contributed by atoms with Gasteiger partial charge in [-0.15, -0.1) is 0 Å². The van der Waals surface area contributed by atoms with E-state index < -0.39 is 0 Å². The molecule has 5 nitrogen and oxygen atoms in total. The summed E-state index contributed by atoms with van der Waals surface area (Å²) >= 11 is 2.03. The normalized spacial score (nSPS) is 19.2. The maximum absolute atomic E-state index is 5.57. The fourth-order valence-electron chi connectivity index (χ4n) is 2.26. The Bertz CT molecular complexity index is 495. The number of nitrogens with zero attached hydrogens (tertiary/aromatic N) is 3. The van der Waals surface area contributed by atoms with E-state index in [4.69, 9.17) is 10.8 Å². The molecule has 21 heavy (non-hydrogen) atoms. The summed E-state index contributed by atoms with van der Waals surface area (Å²) in [4.78, 5) is 11.6. The molecule has 0 aromatic carbocycles. The molecule has 1 saturated heterocycles. The molecule has 0 aliphatic carbocycles. The average Bonchev–Trinajstić information content (AvgIpc) is 2.58. The molecule has 0 saturated carbocycles. The number of nitrogens with two attached hydrogens (primary N) is 1. The third kappa shape index (κ3) is 4.23. The van der Waals surface area contributed by atoms with Crippen LogP contribution in [0, 0.1) is 0 Å². The number of nitrogen functional groups attached to an aromatic ring is 1. The fraction of sp³-hybridized carbons (Fsp3) is 0.733. The van der Waals surface area contributed by atoms with E-state index in [1.807, 2.05) is 17.8 Å². The molecule has 0 atom stereocenters. The van der Waals surface area contributed by atoms with Crippen molar-refractivity contribution < 1.29 is 0 Å². The molecule has 0 spiro atoms. The summed E-state index contributed by atoms with van der Waals surface area (Å²) < 4.78 is 0.337. The summed E-state index contributed by atoms with van der Waals surface area (Å²) in [5.41, 5.74) is 2.57. The van der Waals surface area contributed by atoms with Gasteiger partial charge in [-0.1, -0.05) is 34.6 Å². The Morgan fingerprint density at radius 2 is 2.00 bits per heavy atom. The molecule has 2 heterocycles. The van der Waals surface area contributed by atoms with Crippen molar-refractivity contribution in [2.24, 2.45) is 5.84 Å². The van der Waals surface area contributed by atoms with Gasteiger partial charge in [-0.05, 0) is 6.42 Å². The number of hydrogen-bond donors (Lipinski definition) is 2. The molecule has 3 N–H and O–H groups in total. The third-order valence-electron chi connectivity index (χ3n) is 3.69. The fourth-order valence-corrected chi connectivity index (χ4v) is 3.36. The number of anilines is 2. The van der Waals surface area contributed by atoms with Crippen LogP contribution >= 0.6 is 11.8 Å². The molecule has 1 fully saturated rings. The first kappa shape index (κ1) is 16.4. The smallest absolute Gasteiger partial charge is 0.145 e. The predicted octanol–water partition coefficient (Wildman–Crippen LogP) is 2.78. The van der Waals surface area contributed by atoms with Crippen molar-refractivity contribution in [1.29, 1.82) is 0 Å². The van der Waals surface area contributed by atoms with E-state index in [0.717, 1.165) is 36.9 Å². The molecular formula is C15H27N5S. The zero-order valence-electron chi connectivity index (χ0n) is 13.7. The summed E-state index contributed by atoms with van der Waals surface area (Å²) in [5.74, 6) is 9.17. The highest BCUT2D eigenvalue weighted by molar-refractivity contribution is 8.00. The minimum Gasteiger partial charge on any atom is -0.356 e. The summed E-state index contributed by atoms with van der Waals surface area (Å²) in [6.07, 6.45) is 1.15. The highest BCUT2D eigenvalue weighted by Crippen LogP contribution is 2.32. The van der Waals surface area contributed by atoms with Gasteiger partial charge >= 0.3 is 0 Å². The second-order valence-electron chi connectivity index (χ2n) is 7.17. The molecule has 118 valence electrons. The van der Waals surface area contributed by atoms with Gasteiger partial charge in [0.15, 0.2) is 0 Å². The SMILES string of the molecule is CC1(C)CCN(c2cc(NN)nc(C(C)(C)C)n2)CCS1. The largest absolute Gasteiger partial charge is 0.356 e. The standard InChI is InChI=1S/C15H27N5S/c1-14(2,3)13-17-11(19-16)10-12(18-13)20-7-6-15(4,5)21-9-8-20/h10H,6-9,16H2,1-5H3,(H,17,18,19). The van der Waals surface area contributed by atoms with Crippen molar-refractivity contribution in [1.82, 2.24) is 9.97 Å². The Labute approximate surface area is 132 Å². The Morgan fingerprint density at radius 1 is 1.29 bits per heavy atom. The predicted molar refractivity (Wildman–Crippen MR) is 91.9 cm³/mol. The summed E-state index contributed by atoms with van der Waals surface area (Å²) in [5, 5.41) is 0. The van der Waals surface area contributed by atoms with E-state index in [1.54, 1.807) is 0 Å². The average molecular weight is 309 g/mol. The molecular weight excluding hydrogens is 282 g/mol. The van der Waals surface area contributed by atoms with Gasteiger partial charge in [0.25, 0.3) is 0 Å². The molecule has 0 bridgehead atoms. The van der Waals surface area contributed by atoms with Gasteiger partial charge in [0, 0.05) is 35.1 Å².